The van der Waals surface area contributed by atoms with E-state index in [9.17, 15) is 14.0 Å². The molecule has 1 aromatic carbocycles. The van der Waals surface area contributed by atoms with Gasteiger partial charge in [0.15, 0.2) is 11.6 Å². The summed E-state index contributed by atoms with van der Waals surface area (Å²) in [6, 6.07) is 5.16. The molecule has 2 nitrogen and oxygen atoms in total. The van der Waals surface area contributed by atoms with Gasteiger partial charge in [-0.1, -0.05) is 0 Å². The summed E-state index contributed by atoms with van der Waals surface area (Å²) >= 11 is 0. The first-order chi connectivity index (χ1) is 6.59. The number of benzene rings is 1. The van der Waals surface area contributed by atoms with Crippen LogP contribution >= 0.6 is 0 Å². The zero-order chi connectivity index (χ0) is 10.6. The van der Waals surface area contributed by atoms with Crippen LogP contribution in [0.2, 0.25) is 0 Å². The number of hydrogen-bond acceptors (Lipinski definition) is 2. The zero-order valence-electron chi connectivity index (χ0n) is 7.66. The predicted molar refractivity (Wildman–Crippen MR) is 50.6 cm³/mol. The van der Waals surface area contributed by atoms with Gasteiger partial charge in [-0.05, 0) is 43.3 Å². The number of hydrogen-bond donors (Lipinski definition) is 0. The Morgan fingerprint density at radius 3 is 2.21 bits per heavy atom. The second-order valence-corrected chi connectivity index (χ2v) is 2.82. The van der Waals surface area contributed by atoms with E-state index >= 15 is 0 Å². The summed E-state index contributed by atoms with van der Waals surface area (Å²) in [6.45, 7) is 1.36. The minimum atomic E-state index is -0.392. The maximum Gasteiger partial charge on any atom is 0.185 e. The van der Waals surface area contributed by atoms with Gasteiger partial charge in [-0.3, -0.25) is 9.59 Å². The Morgan fingerprint density at radius 2 is 1.71 bits per heavy atom. The van der Waals surface area contributed by atoms with Crippen molar-refractivity contribution in [3.8, 4) is 0 Å². The Morgan fingerprint density at radius 1 is 1.14 bits per heavy atom. The Balaban J connectivity index is 2.80. The molecule has 0 atom stereocenters. The van der Waals surface area contributed by atoms with Crippen LogP contribution in [0.3, 0.4) is 0 Å². The third-order valence-electron chi connectivity index (χ3n) is 1.60. The number of halogens is 1. The van der Waals surface area contributed by atoms with Crippen molar-refractivity contribution in [2.45, 2.75) is 6.92 Å². The van der Waals surface area contributed by atoms with Crippen molar-refractivity contribution in [1.29, 1.82) is 0 Å². The molecule has 0 unspecified atom stereocenters. The van der Waals surface area contributed by atoms with Gasteiger partial charge < -0.3 is 0 Å². The van der Waals surface area contributed by atoms with E-state index in [1.54, 1.807) is 0 Å². The largest absolute Gasteiger partial charge is 0.295 e. The number of allylic oxidation sites excluding steroid dienone is 2. The van der Waals surface area contributed by atoms with Crippen LogP contribution in [0.4, 0.5) is 4.39 Å². The standard InChI is InChI=1S/C11H9FO2/c1-8(13)2-7-11(14)9-3-5-10(12)6-4-9/h2-7H,1H3/b7-2+. The zero-order valence-corrected chi connectivity index (χ0v) is 7.66. The molecule has 0 aromatic heterocycles. The molecule has 0 aliphatic carbocycles. The van der Waals surface area contributed by atoms with Crippen molar-refractivity contribution < 1.29 is 14.0 Å². The maximum absolute atomic E-state index is 12.5. The van der Waals surface area contributed by atoms with Gasteiger partial charge in [-0.2, -0.15) is 0 Å². The highest BCUT2D eigenvalue weighted by atomic mass is 19.1. The van der Waals surface area contributed by atoms with E-state index in [0.717, 1.165) is 0 Å². The summed E-state index contributed by atoms with van der Waals surface area (Å²) in [5.41, 5.74) is 0.365. The molecule has 0 spiro atoms. The normalized spacial score (nSPS) is 10.4. The van der Waals surface area contributed by atoms with Crippen LogP contribution in [0.15, 0.2) is 36.4 Å². The smallest absolute Gasteiger partial charge is 0.185 e. The lowest BCUT2D eigenvalue weighted by Crippen LogP contribution is -1.95. The molecule has 0 aliphatic rings. The average molecular weight is 192 g/mol. The minimum absolute atomic E-state index is 0.194. The molecule has 0 bridgehead atoms. The summed E-state index contributed by atoms with van der Waals surface area (Å²) in [7, 11) is 0. The highest BCUT2D eigenvalue weighted by molar-refractivity contribution is 6.07. The van der Waals surface area contributed by atoms with E-state index < -0.39 is 5.82 Å². The summed E-state index contributed by atoms with van der Waals surface area (Å²) < 4.78 is 12.5. The van der Waals surface area contributed by atoms with E-state index in [2.05, 4.69) is 0 Å². The molecule has 0 radical (unpaired) electrons. The Hall–Kier alpha value is -1.77. The van der Waals surface area contributed by atoms with Gasteiger partial charge in [0.2, 0.25) is 0 Å². The lowest BCUT2D eigenvalue weighted by molar-refractivity contribution is -0.112. The van der Waals surface area contributed by atoms with Gasteiger partial charge >= 0.3 is 0 Å². The number of rotatable bonds is 3. The quantitative estimate of drug-likeness (QED) is 0.543. The molecule has 0 N–H and O–H groups in total. The van der Waals surface area contributed by atoms with Crippen LogP contribution < -0.4 is 0 Å². The van der Waals surface area contributed by atoms with E-state index in [1.165, 1.54) is 43.3 Å². The van der Waals surface area contributed by atoms with Gasteiger partial charge in [0.1, 0.15) is 5.82 Å². The Kier molecular flexibility index (Phi) is 3.29. The fourth-order valence-electron chi connectivity index (χ4n) is 0.903. The van der Waals surface area contributed by atoms with Gasteiger partial charge in [0, 0.05) is 5.56 Å². The molecule has 14 heavy (non-hydrogen) atoms. The first kappa shape index (κ1) is 10.3. The van der Waals surface area contributed by atoms with E-state index in [0.29, 0.717) is 5.56 Å². The van der Waals surface area contributed by atoms with E-state index in [-0.39, 0.29) is 11.6 Å². The third-order valence-corrected chi connectivity index (χ3v) is 1.60. The molecule has 0 saturated carbocycles. The summed E-state index contributed by atoms with van der Waals surface area (Å²) in [5, 5.41) is 0. The van der Waals surface area contributed by atoms with Crippen LogP contribution in [0.1, 0.15) is 17.3 Å². The van der Waals surface area contributed by atoms with E-state index in [4.69, 9.17) is 0 Å². The molecule has 0 aliphatic heterocycles. The van der Waals surface area contributed by atoms with Crippen LogP contribution in [-0.2, 0) is 4.79 Å². The molecule has 0 heterocycles. The van der Waals surface area contributed by atoms with Gasteiger partial charge in [-0.25, -0.2) is 4.39 Å². The fraction of sp³-hybridized carbons (Fsp3) is 0.0909. The lowest BCUT2D eigenvalue weighted by Gasteiger charge is -1.94. The number of carbonyl (C=O) groups is 2. The van der Waals surface area contributed by atoms with Crippen LogP contribution in [0, 0.1) is 5.82 Å². The van der Waals surface area contributed by atoms with Gasteiger partial charge in [0.25, 0.3) is 0 Å². The first-order valence-corrected chi connectivity index (χ1v) is 4.08. The average Bonchev–Trinajstić information content (AvgIpc) is 2.15. The third kappa shape index (κ3) is 2.94. The van der Waals surface area contributed by atoms with Crippen molar-refractivity contribution in [1.82, 2.24) is 0 Å². The maximum atomic E-state index is 12.5. The molecule has 0 saturated heterocycles. The molecular formula is C11H9FO2. The molecule has 0 fully saturated rings. The molecule has 1 aromatic rings. The topological polar surface area (TPSA) is 34.1 Å². The second kappa shape index (κ2) is 4.46. The summed E-state index contributed by atoms with van der Waals surface area (Å²) in [4.78, 5) is 21.8. The molecule has 0 amide bonds. The highest BCUT2D eigenvalue weighted by Crippen LogP contribution is 2.04. The van der Waals surface area contributed by atoms with E-state index in [1.807, 2.05) is 0 Å². The second-order valence-electron chi connectivity index (χ2n) is 2.82. The van der Waals surface area contributed by atoms with Gasteiger partial charge in [-0.15, -0.1) is 0 Å². The van der Waals surface area contributed by atoms with Crippen LogP contribution in [-0.4, -0.2) is 11.6 Å². The first-order valence-electron chi connectivity index (χ1n) is 4.08. The SMILES string of the molecule is CC(=O)/C=C/C(=O)c1ccc(F)cc1. The van der Waals surface area contributed by atoms with Gasteiger partial charge in [0.05, 0.1) is 0 Å². The van der Waals surface area contributed by atoms with Crippen LogP contribution in [0.5, 0.6) is 0 Å². The molecule has 72 valence electrons. The van der Waals surface area contributed by atoms with Crippen molar-refractivity contribution >= 4 is 11.6 Å². The molecule has 1 rings (SSSR count). The Labute approximate surface area is 81.1 Å². The van der Waals surface area contributed by atoms with Crippen molar-refractivity contribution in [2.75, 3.05) is 0 Å². The van der Waals surface area contributed by atoms with Crippen LogP contribution in [0.25, 0.3) is 0 Å². The number of carbonyl (C=O) groups excluding carboxylic acids is 2. The minimum Gasteiger partial charge on any atom is -0.295 e. The summed E-state index contributed by atoms with van der Waals surface area (Å²) in [5.74, 6) is -0.891. The number of ketones is 2. The van der Waals surface area contributed by atoms with Crippen molar-refractivity contribution in [2.24, 2.45) is 0 Å². The van der Waals surface area contributed by atoms with Crippen molar-refractivity contribution in [3.05, 3.63) is 47.8 Å². The highest BCUT2D eigenvalue weighted by Gasteiger charge is 2.01. The lowest BCUT2D eigenvalue weighted by atomic mass is 10.1. The van der Waals surface area contributed by atoms with Crippen molar-refractivity contribution in [3.63, 3.8) is 0 Å². The molecule has 3 heteroatoms. The Bertz CT molecular complexity index is 377. The monoisotopic (exact) mass is 192 g/mol. The fourth-order valence-corrected chi connectivity index (χ4v) is 0.903. The predicted octanol–water partition coefficient (Wildman–Crippen LogP) is 2.15. The summed E-state index contributed by atoms with van der Waals surface area (Å²) in [6.07, 6.45) is 2.36. The molecular weight excluding hydrogens is 183 g/mol.